The molecule has 1 amide bonds. The Bertz CT molecular complexity index is 1660. The molecule has 4 heterocycles. The quantitative estimate of drug-likeness (QED) is 0.403. The van der Waals surface area contributed by atoms with Crippen molar-refractivity contribution in [2.75, 3.05) is 0 Å². The zero-order valence-corrected chi connectivity index (χ0v) is 21.3. The molecule has 2 aliphatic carbocycles. The molecule has 0 bridgehead atoms. The van der Waals surface area contributed by atoms with Crippen molar-refractivity contribution in [2.45, 2.75) is 77.2 Å². The fourth-order valence-corrected chi connectivity index (χ4v) is 6.66. The molecule has 1 fully saturated rings. The topological polar surface area (TPSA) is 111 Å². The lowest BCUT2D eigenvalue weighted by Gasteiger charge is -2.32. The molecule has 1 aromatic carbocycles. The normalized spacial score (nSPS) is 23.4. The van der Waals surface area contributed by atoms with Crippen LogP contribution in [0.1, 0.15) is 78.5 Å². The van der Waals surface area contributed by atoms with Gasteiger partial charge in [-0.15, -0.1) is 0 Å². The standard InChI is InChI=1S/C29H28FN3O5/c1-3-29(37)18-9-22-25-16(11-33(22)27(35)17(18)12-38-28(29)36)24-20(32-26(34)14-5-4-6-14)8-7-15-13(2)19(30)10-21(31-25)23(15)24/h9-10,14,20,37H,3-8,11-12H2,1-2H3,(H,32,34)/t20-,29-/m0/s1. The number of aromatic nitrogens is 2. The number of pyridine rings is 2. The van der Waals surface area contributed by atoms with E-state index in [1.807, 2.05) is 0 Å². The number of nitrogens with zero attached hydrogens (tertiary/aromatic N) is 2. The molecule has 0 unspecified atom stereocenters. The molecule has 2 N–H and O–H groups in total. The summed E-state index contributed by atoms with van der Waals surface area (Å²) >= 11 is 0. The number of esters is 1. The van der Waals surface area contributed by atoms with Gasteiger partial charge in [-0.3, -0.25) is 9.59 Å². The Labute approximate surface area is 217 Å². The van der Waals surface area contributed by atoms with Gasteiger partial charge in [0.2, 0.25) is 5.91 Å². The van der Waals surface area contributed by atoms with Gasteiger partial charge in [-0.2, -0.15) is 0 Å². The summed E-state index contributed by atoms with van der Waals surface area (Å²) in [6, 6.07) is 2.80. The van der Waals surface area contributed by atoms with Crippen LogP contribution in [0.3, 0.4) is 0 Å². The molecule has 4 aliphatic rings. The Balaban J connectivity index is 1.48. The summed E-state index contributed by atoms with van der Waals surface area (Å²) in [5.41, 5.74) is 2.86. The van der Waals surface area contributed by atoms with E-state index < -0.39 is 11.6 Å². The summed E-state index contributed by atoms with van der Waals surface area (Å²) in [6.45, 7) is 3.46. The number of ether oxygens (including phenoxy) is 1. The molecule has 2 atom stereocenters. The van der Waals surface area contributed by atoms with Gasteiger partial charge in [-0.05, 0) is 61.8 Å². The number of carbonyl (C=O) groups excluding carboxylic acids is 2. The van der Waals surface area contributed by atoms with E-state index in [9.17, 15) is 23.9 Å². The maximum absolute atomic E-state index is 15.0. The van der Waals surface area contributed by atoms with Gasteiger partial charge in [0.1, 0.15) is 12.4 Å². The molecule has 1 saturated carbocycles. The Morgan fingerprint density at radius 3 is 2.74 bits per heavy atom. The van der Waals surface area contributed by atoms with E-state index in [1.54, 1.807) is 24.5 Å². The average Bonchev–Trinajstić information content (AvgIpc) is 3.23. The molecule has 2 aliphatic heterocycles. The van der Waals surface area contributed by atoms with Crippen LogP contribution < -0.4 is 10.9 Å². The van der Waals surface area contributed by atoms with Crippen molar-refractivity contribution in [3.8, 4) is 11.4 Å². The summed E-state index contributed by atoms with van der Waals surface area (Å²) < 4.78 is 21.8. The molecule has 196 valence electrons. The van der Waals surface area contributed by atoms with E-state index in [1.165, 1.54) is 6.07 Å². The van der Waals surface area contributed by atoms with Crippen molar-refractivity contribution in [3.63, 3.8) is 0 Å². The fraction of sp³-hybridized carbons (Fsp3) is 0.448. The van der Waals surface area contributed by atoms with Gasteiger partial charge < -0.3 is 19.7 Å². The molecule has 8 nitrogen and oxygen atoms in total. The summed E-state index contributed by atoms with van der Waals surface area (Å²) in [5, 5.41) is 15.3. The van der Waals surface area contributed by atoms with Gasteiger partial charge in [-0.1, -0.05) is 13.3 Å². The molecule has 2 aromatic heterocycles. The van der Waals surface area contributed by atoms with Gasteiger partial charge in [0.25, 0.3) is 5.56 Å². The van der Waals surface area contributed by atoms with E-state index in [0.717, 1.165) is 41.3 Å². The second-order valence-electron chi connectivity index (χ2n) is 11.0. The number of benzene rings is 1. The smallest absolute Gasteiger partial charge is 0.343 e. The van der Waals surface area contributed by atoms with E-state index in [0.29, 0.717) is 35.3 Å². The molecular formula is C29H28FN3O5. The number of cyclic esters (lactones) is 1. The molecule has 0 saturated heterocycles. The monoisotopic (exact) mass is 517 g/mol. The third-order valence-corrected chi connectivity index (χ3v) is 9.17. The van der Waals surface area contributed by atoms with Crippen LogP contribution in [0, 0.1) is 18.7 Å². The third kappa shape index (κ3) is 2.99. The summed E-state index contributed by atoms with van der Waals surface area (Å²) in [5.74, 6) is -1.06. The van der Waals surface area contributed by atoms with Crippen molar-refractivity contribution in [3.05, 3.63) is 61.7 Å². The second kappa shape index (κ2) is 7.96. The molecule has 9 heteroatoms. The summed E-state index contributed by atoms with van der Waals surface area (Å²) in [6.07, 6.45) is 4.12. The van der Waals surface area contributed by atoms with Crippen molar-refractivity contribution in [2.24, 2.45) is 5.92 Å². The molecule has 7 rings (SSSR count). The van der Waals surface area contributed by atoms with Gasteiger partial charge in [0, 0.05) is 28.5 Å². The van der Waals surface area contributed by atoms with Crippen LogP contribution in [-0.4, -0.2) is 26.5 Å². The Morgan fingerprint density at radius 1 is 1.24 bits per heavy atom. The van der Waals surface area contributed by atoms with Crippen LogP contribution in [0.5, 0.6) is 0 Å². The average molecular weight is 518 g/mol. The second-order valence-corrected chi connectivity index (χ2v) is 11.0. The number of aliphatic hydroxyl groups is 1. The highest BCUT2D eigenvalue weighted by molar-refractivity contribution is 5.94. The summed E-state index contributed by atoms with van der Waals surface area (Å²) in [7, 11) is 0. The highest BCUT2D eigenvalue weighted by Crippen LogP contribution is 2.46. The number of hydrogen-bond donors (Lipinski definition) is 2. The van der Waals surface area contributed by atoms with Gasteiger partial charge in [0.05, 0.1) is 35.1 Å². The SMILES string of the molecule is CC[C@@]1(O)C(=O)OCc2c1cc1n(c2=O)Cc2c-1nc1cc(F)c(C)c3c1c2[C@@H](NC(=O)C1CCC1)CC3. The number of hydrogen-bond acceptors (Lipinski definition) is 6. The number of amides is 1. The first-order chi connectivity index (χ1) is 18.2. The zero-order chi connectivity index (χ0) is 26.5. The van der Waals surface area contributed by atoms with Crippen molar-refractivity contribution >= 4 is 22.8 Å². The number of nitrogens with one attached hydrogen (secondary N) is 1. The maximum Gasteiger partial charge on any atom is 0.343 e. The van der Waals surface area contributed by atoms with Gasteiger partial charge in [-0.25, -0.2) is 14.2 Å². The molecule has 38 heavy (non-hydrogen) atoms. The first kappa shape index (κ1) is 23.5. The maximum atomic E-state index is 15.0. The van der Waals surface area contributed by atoms with Crippen LogP contribution in [0.2, 0.25) is 0 Å². The Kier molecular flexibility index (Phi) is 4.93. The van der Waals surface area contributed by atoms with Crippen molar-refractivity contribution in [1.82, 2.24) is 14.9 Å². The van der Waals surface area contributed by atoms with E-state index in [4.69, 9.17) is 9.72 Å². The van der Waals surface area contributed by atoms with Gasteiger partial charge in [0.15, 0.2) is 5.60 Å². The predicted molar refractivity (Wildman–Crippen MR) is 136 cm³/mol. The number of rotatable bonds is 3. The summed E-state index contributed by atoms with van der Waals surface area (Å²) in [4.78, 5) is 44.0. The highest BCUT2D eigenvalue weighted by atomic mass is 19.1. The van der Waals surface area contributed by atoms with Crippen LogP contribution in [-0.2, 0) is 39.5 Å². The van der Waals surface area contributed by atoms with Crippen LogP contribution in [0.4, 0.5) is 4.39 Å². The number of halogens is 1. The highest BCUT2D eigenvalue weighted by Gasteiger charge is 2.46. The van der Waals surface area contributed by atoms with E-state index in [-0.39, 0.29) is 59.9 Å². The molecule has 3 aromatic rings. The van der Waals surface area contributed by atoms with Crippen molar-refractivity contribution < 1.29 is 23.8 Å². The third-order valence-electron chi connectivity index (χ3n) is 9.17. The van der Waals surface area contributed by atoms with E-state index >= 15 is 0 Å². The Hall–Kier alpha value is -3.59. The van der Waals surface area contributed by atoms with Crippen LogP contribution in [0.25, 0.3) is 22.3 Å². The minimum absolute atomic E-state index is 0.0209. The Morgan fingerprint density at radius 2 is 2.03 bits per heavy atom. The zero-order valence-electron chi connectivity index (χ0n) is 21.3. The minimum atomic E-state index is -1.92. The molecular weight excluding hydrogens is 489 g/mol. The first-order valence-electron chi connectivity index (χ1n) is 13.3. The fourth-order valence-electron chi connectivity index (χ4n) is 6.66. The predicted octanol–water partition coefficient (Wildman–Crippen LogP) is 3.43. The van der Waals surface area contributed by atoms with Crippen molar-refractivity contribution in [1.29, 1.82) is 0 Å². The number of aryl methyl sites for hydroxylation is 1. The largest absolute Gasteiger partial charge is 0.458 e. The van der Waals surface area contributed by atoms with Crippen LogP contribution >= 0.6 is 0 Å². The number of fused-ring (bicyclic) bond motifs is 5. The lowest BCUT2D eigenvalue weighted by atomic mass is 9.80. The van der Waals surface area contributed by atoms with E-state index in [2.05, 4.69) is 5.32 Å². The number of carbonyl (C=O) groups is 2. The van der Waals surface area contributed by atoms with Crippen LogP contribution in [0.15, 0.2) is 16.9 Å². The molecule has 0 spiro atoms. The van der Waals surface area contributed by atoms with Gasteiger partial charge >= 0.3 is 5.97 Å². The lowest BCUT2D eigenvalue weighted by molar-refractivity contribution is -0.172. The first-order valence-corrected chi connectivity index (χ1v) is 13.3. The lowest BCUT2D eigenvalue weighted by Crippen LogP contribution is -2.44. The molecule has 0 radical (unpaired) electrons. The minimum Gasteiger partial charge on any atom is -0.458 e.